The third kappa shape index (κ3) is 5.59. The largest absolute Gasteiger partial charge is 0.352 e. The minimum atomic E-state index is -0.128. The van der Waals surface area contributed by atoms with E-state index in [-0.39, 0.29) is 18.3 Å². The van der Waals surface area contributed by atoms with E-state index in [0.717, 1.165) is 39.1 Å². The molecule has 1 aliphatic rings. The number of hydrogen-bond donors (Lipinski definition) is 2. The highest BCUT2D eigenvalue weighted by Crippen LogP contribution is 2.24. The molecule has 142 valence electrons. The molecule has 0 unspecified atom stereocenters. The first-order valence-corrected chi connectivity index (χ1v) is 9.10. The quantitative estimate of drug-likeness (QED) is 0.708. The van der Waals surface area contributed by atoms with Crippen LogP contribution < -0.4 is 10.6 Å². The Balaban J connectivity index is 0.00000243. The molecule has 1 amide bonds. The van der Waals surface area contributed by atoms with Crippen molar-refractivity contribution in [1.29, 1.82) is 0 Å². The molecule has 9 heteroatoms. The highest BCUT2D eigenvalue weighted by atomic mass is 35.5. The van der Waals surface area contributed by atoms with E-state index in [9.17, 15) is 4.79 Å². The first kappa shape index (κ1) is 21.0. The van der Waals surface area contributed by atoms with E-state index < -0.39 is 0 Å². The zero-order chi connectivity index (χ0) is 17.6. The summed E-state index contributed by atoms with van der Waals surface area (Å²) in [6.45, 7) is 5.87. The molecule has 6 nitrogen and oxygen atoms in total. The van der Waals surface area contributed by atoms with Crippen LogP contribution in [0.25, 0.3) is 5.69 Å². The van der Waals surface area contributed by atoms with E-state index in [4.69, 9.17) is 23.2 Å². The maximum absolute atomic E-state index is 12.2. The van der Waals surface area contributed by atoms with Gasteiger partial charge in [0.2, 0.25) is 0 Å². The van der Waals surface area contributed by atoms with Crippen LogP contribution in [-0.4, -0.2) is 59.9 Å². The Hall–Kier alpha value is -1.31. The van der Waals surface area contributed by atoms with Crippen LogP contribution in [0.4, 0.5) is 0 Å². The topological polar surface area (TPSA) is 62.2 Å². The van der Waals surface area contributed by atoms with Crippen molar-refractivity contribution in [1.82, 2.24) is 25.3 Å². The zero-order valence-electron chi connectivity index (χ0n) is 14.3. The summed E-state index contributed by atoms with van der Waals surface area (Å²) in [4.78, 5) is 14.6. The van der Waals surface area contributed by atoms with E-state index in [1.165, 1.54) is 6.20 Å². The zero-order valence-corrected chi connectivity index (χ0v) is 16.6. The van der Waals surface area contributed by atoms with E-state index >= 15 is 0 Å². The van der Waals surface area contributed by atoms with E-state index in [1.54, 1.807) is 29.1 Å². The summed E-state index contributed by atoms with van der Waals surface area (Å²) in [7, 11) is 0. The molecule has 0 bridgehead atoms. The fraction of sp³-hybridized carbons (Fsp3) is 0.412. The number of hydrogen-bond acceptors (Lipinski definition) is 4. The van der Waals surface area contributed by atoms with Crippen LogP contribution in [0.2, 0.25) is 10.0 Å². The van der Waals surface area contributed by atoms with Gasteiger partial charge < -0.3 is 15.5 Å². The molecule has 0 radical (unpaired) electrons. The second-order valence-electron chi connectivity index (χ2n) is 5.97. The molecular weight excluding hydrogens is 397 g/mol. The predicted octanol–water partition coefficient (Wildman–Crippen LogP) is 2.63. The molecule has 0 aliphatic carbocycles. The summed E-state index contributed by atoms with van der Waals surface area (Å²) < 4.78 is 1.58. The molecule has 2 heterocycles. The minimum absolute atomic E-state index is 0. The van der Waals surface area contributed by atoms with Gasteiger partial charge in [0.15, 0.2) is 0 Å². The molecule has 1 saturated heterocycles. The molecule has 1 fully saturated rings. The van der Waals surface area contributed by atoms with Crippen molar-refractivity contribution in [3.05, 3.63) is 46.2 Å². The van der Waals surface area contributed by atoms with Crippen LogP contribution in [0.1, 0.15) is 16.8 Å². The van der Waals surface area contributed by atoms with Crippen LogP contribution in [0.15, 0.2) is 30.6 Å². The van der Waals surface area contributed by atoms with Gasteiger partial charge in [-0.2, -0.15) is 5.10 Å². The van der Waals surface area contributed by atoms with Crippen molar-refractivity contribution in [3.8, 4) is 5.69 Å². The van der Waals surface area contributed by atoms with Crippen molar-refractivity contribution in [2.45, 2.75) is 6.42 Å². The first-order chi connectivity index (χ1) is 12.1. The number of halogens is 3. The lowest BCUT2D eigenvalue weighted by Crippen LogP contribution is -2.44. The maximum Gasteiger partial charge on any atom is 0.254 e. The lowest BCUT2D eigenvalue weighted by molar-refractivity contribution is 0.0951. The number of benzene rings is 1. The number of amides is 1. The van der Waals surface area contributed by atoms with Crippen LogP contribution in [0.3, 0.4) is 0 Å². The Morgan fingerprint density at radius 2 is 2.04 bits per heavy atom. The van der Waals surface area contributed by atoms with Gasteiger partial charge in [0.05, 0.1) is 22.5 Å². The molecule has 1 aromatic carbocycles. The van der Waals surface area contributed by atoms with Crippen molar-refractivity contribution in [3.63, 3.8) is 0 Å². The number of nitrogens with zero attached hydrogens (tertiary/aromatic N) is 3. The Morgan fingerprint density at radius 3 is 2.77 bits per heavy atom. The summed E-state index contributed by atoms with van der Waals surface area (Å²) in [6, 6.07) is 5.16. The van der Waals surface area contributed by atoms with Crippen molar-refractivity contribution >= 4 is 41.5 Å². The van der Waals surface area contributed by atoms with Gasteiger partial charge in [-0.15, -0.1) is 12.4 Å². The van der Waals surface area contributed by atoms with Gasteiger partial charge in [0, 0.05) is 43.9 Å². The number of piperazine rings is 1. The van der Waals surface area contributed by atoms with Crippen LogP contribution >= 0.6 is 35.6 Å². The third-order valence-electron chi connectivity index (χ3n) is 4.15. The van der Waals surface area contributed by atoms with E-state index in [1.807, 2.05) is 0 Å². The van der Waals surface area contributed by atoms with Crippen LogP contribution in [0, 0.1) is 0 Å². The van der Waals surface area contributed by atoms with Gasteiger partial charge in [-0.1, -0.05) is 23.2 Å². The highest BCUT2D eigenvalue weighted by Gasteiger charge is 2.12. The fourth-order valence-electron chi connectivity index (χ4n) is 2.78. The molecule has 0 saturated carbocycles. The van der Waals surface area contributed by atoms with Crippen LogP contribution in [0.5, 0.6) is 0 Å². The highest BCUT2D eigenvalue weighted by molar-refractivity contribution is 6.35. The monoisotopic (exact) mass is 417 g/mol. The molecule has 26 heavy (non-hydrogen) atoms. The van der Waals surface area contributed by atoms with E-state index in [0.29, 0.717) is 27.8 Å². The number of aromatic nitrogens is 2. The smallest absolute Gasteiger partial charge is 0.254 e. The lowest BCUT2D eigenvalue weighted by Gasteiger charge is -2.27. The normalized spacial score (nSPS) is 14.7. The van der Waals surface area contributed by atoms with Crippen molar-refractivity contribution in [2.24, 2.45) is 0 Å². The molecule has 1 aromatic heterocycles. The number of carbonyl (C=O) groups is 1. The standard InChI is InChI=1S/C17H21Cl2N5O.ClH/c18-14-2-3-16(15(19)10-14)24-12-13(11-22-24)17(25)21-4-1-7-23-8-5-20-6-9-23;/h2-3,10-12,20H,1,4-9H2,(H,21,25);1H. The van der Waals surface area contributed by atoms with E-state index in [2.05, 4.69) is 20.6 Å². The van der Waals surface area contributed by atoms with Gasteiger partial charge in [-0.3, -0.25) is 4.79 Å². The SMILES string of the molecule is Cl.O=C(NCCCN1CCNCC1)c1cnn(-c2ccc(Cl)cc2Cl)c1. The second kappa shape index (κ2) is 10.1. The summed E-state index contributed by atoms with van der Waals surface area (Å²) in [5, 5.41) is 11.5. The summed E-state index contributed by atoms with van der Waals surface area (Å²) in [5.74, 6) is -0.128. The maximum atomic E-state index is 12.2. The summed E-state index contributed by atoms with van der Waals surface area (Å²) in [6.07, 6.45) is 4.14. The second-order valence-corrected chi connectivity index (χ2v) is 6.81. The Bertz CT molecular complexity index is 731. The molecule has 0 spiro atoms. The van der Waals surface area contributed by atoms with Gasteiger partial charge >= 0.3 is 0 Å². The van der Waals surface area contributed by atoms with Crippen molar-refractivity contribution in [2.75, 3.05) is 39.3 Å². The van der Waals surface area contributed by atoms with Gasteiger partial charge in [-0.25, -0.2) is 4.68 Å². The third-order valence-corrected chi connectivity index (χ3v) is 4.69. The van der Waals surface area contributed by atoms with Gasteiger partial charge in [-0.05, 0) is 31.2 Å². The molecule has 3 rings (SSSR count). The average Bonchev–Trinajstić information content (AvgIpc) is 3.09. The number of rotatable bonds is 6. The van der Waals surface area contributed by atoms with Crippen LogP contribution in [-0.2, 0) is 0 Å². The Labute approximate surface area is 169 Å². The molecule has 0 atom stereocenters. The summed E-state index contributed by atoms with van der Waals surface area (Å²) >= 11 is 12.1. The lowest BCUT2D eigenvalue weighted by atomic mass is 10.3. The molecular formula is C17H22Cl3N5O. The molecule has 2 aromatic rings. The Morgan fingerprint density at radius 1 is 1.27 bits per heavy atom. The Kier molecular flexibility index (Phi) is 8.18. The van der Waals surface area contributed by atoms with Gasteiger partial charge in [0.25, 0.3) is 5.91 Å². The summed E-state index contributed by atoms with van der Waals surface area (Å²) in [5.41, 5.74) is 1.19. The van der Waals surface area contributed by atoms with Gasteiger partial charge in [0.1, 0.15) is 0 Å². The van der Waals surface area contributed by atoms with Crippen molar-refractivity contribution < 1.29 is 4.79 Å². The fourth-order valence-corrected chi connectivity index (χ4v) is 3.28. The number of carbonyl (C=O) groups excluding carboxylic acids is 1. The molecule has 1 aliphatic heterocycles. The minimum Gasteiger partial charge on any atom is -0.352 e. The predicted molar refractivity (Wildman–Crippen MR) is 107 cm³/mol. The number of nitrogens with one attached hydrogen (secondary N) is 2. The molecule has 2 N–H and O–H groups in total. The first-order valence-electron chi connectivity index (χ1n) is 8.35. The average molecular weight is 419 g/mol.